The third kappa shape index (κ3) is 3.64. The van der Waals surface area contributed by atoms with Crippen molar-refractivity contribution in [2.24, 2.45) is 0 Å². The first-order valence-electron chi connectivity index (χ1n) is 5.23. The molecule has 0 saturated carbocycles. The van der Waals surface area contributed by atoms with E-state index in [2.05, 4.69) is 4.90 Å². The van der Waals surface area contributed by atoms with E-state index in [9.17, 15) is 4.79 Å². The predicted octanol–water partition coefficient (Wildman–Crippen LogP) is 0.696. The van der Waals surface area contributed by atoms with Crippen LogP contribution in [0.1, 0.15) is 32.6 Å². The smallest absolute Gasteiger partial charge is 0.304 e. The molecule has 4 heteroatoms. The minimum atomic E-state index is -0.723. The van der Waals surface area contributed by atoms with E-state index in [1.54, 1.807) is 6.92 Å². The number of hydrogen-bond donors (Lipinski definition) is 2. The quantitative estimate of drug-likeness (QED) is 0.687. The van der Waals surface area contributed by atoms with Crippen LogP contribution in [0.5, 0.6) is 0 Å². The first kappa shape index (κ1) is 11.5. The van der Waals surface area contributed by atoms with E-state index in [0.717, 1.165) is 32.4 Å². The van der Waals surface area contributed by atoms with Crippen LogP contribution < -0.4 is 0 Å². The lowest BCUT2D eigenvalue weighted by Gasteiger charge is -2.23. The van der Waals surface area contributed by atoms with E-state index in [0.29, 0.717) is 0 Å². The molecule has 1 saturated heterocycles. The van der Waals surface area contributed by atoms with Gasteiger partial charge in [-0.25, -0.2) is 0 Å². The highest BCUT2D eigenvalue weighted by Gasteiger charge is 2.26. The Balaban J connectivity index is 2.31. The second-order valence-corrected chi connectivity index (χ2v) is 4.07. The Morgan fingerprint density at radius 1 is 1.64 bits per heavy atom. The molecule has 2 unspecified atom stereocenters. The number of carbonyl (C=O) groups is 1. The maximum Gasteiger partial charge on any atom is 0.304 e. The molecular weight excluding hydrogens is 182 g/mol. The van der Waals surface area contributed by atoms with Crippen LogP contribution in [-0.4, -0.2) is 46.3 Å². The van der Waals surface area contributed by atoms with Gasteiger partial charge in [0.05, 0.1) is 12.5 Å². The van der Waals surface area contributed by atoms with Gasteiger partial charge in [0.15, 0.2) is 0 Å². The van der Waals surface area contributed by atoms with Crippen LogP contribution in [0.2, 0.25) is 0 Å². The molecule has 1 rings (SSSR count). The number of carboxylic acids is 1. The molecule has 1 aliphatic heterocycles. The van der Waals surface area contributed by atoms with Gasteiger partial charge < -0.3 is 10.2 Å². The summed E-state index contributed by atoms with van der Waals surface area (Å²) in [5, 5.41) is 17.8. The van der Waals surface area contributed by atoms with Crippen LogP contribution in [-0.2, 0) is 4.79 Å². The third-order valence-corrected chi connectivity index (χ3v) is 2.74. The molecule has 14 heavy (non-hydrogen) atoms. The van der Waals surface area contributed by atoms with Crippen molar-refractivity contribution in [3.05, 3.63) is 0 Å². The molecule has 0 radical (unpaired) electrons. The first-order chi connectivity index (χ1) is 6.59. The first-order valence-corrected chi connectivity index (χ1v) is 5.23. The van der Waals surface area contributed by atoms with Crippen LogP contribution in [0.4, 0.5) is 0 Å². The summed E-state index contributed by atoms with van der Waals surface area (Å²) in [5.41, 5.74) is 0. The maximum absolute atomic E-state index is 10.6. The zero-order chi connectivity index (χ0) is 10.6. The van der Waals surface area contributed by atoms with Gasteiger partial charge in [-0.15, -0.1) is 0 Å². The van der Waals surface area contributed by atoms with Crippen molar-refractivity contribution in [3.8, 4) is 0 Å². The van der Waals surface area contributed by atoms with Crippen LogP contribution in [0.15, 0.2) is 0 Å². The number of nitrogens with zero attached hydrogens (tertiary/aromatic N) is 1. The number of hydrogen-bond acceptors (Lipinski definition) is 3. The Morgan fingerprint density at radius 2 is 2.36 bits per heavy atom. The van der Waals surface area contributed by atoms with Crippen molar-refractivity contribution in [3.63, 3.8) is 0 Å². The van der Waals surface area contributed by atoms with Gasteiger partial charge in [-0.2, -0.15) is 0 Å². The lowest BCUT2D eigenvalue weighted by atomic mass is 10.1. The van der Waals surface area contributed by atoms with E-state index >= 15 is 0 Å². The SMILES string of the molecule is CC(O)CCN1CCCC1CC(=O)O. The van der Waals surface area contributed by atoms with Crippen molar-refractivity contribution < 1.29 is 15.0 Å². The normalized spacial score (nSPS) is 25.1. The Bertz CT molecular complexity index is 194. The summed E-state index contributed by atoms with van der Waals surface area (Å²) in [5.74, 6) is -0.723. The van der Waals surface area contributed by atoms with E-state index in [-0.39, 0.29) is 18.6 Å². The Hall–Kier alpha value is -0.610. The Kier molecular flexibility index (Phi) is 4.35. The standard InChI is InChI=1S/C10H19NO3/c1-8(12)4-6-11-5-2-3-9(11)7-10(13)14/h8-9,12H,2-7H2,1H3,(H,13,14). The summed E-state index contributed by atoms with van der Waals surface area (Å²) in [6.45, 7) is 3.56. The average Bonchev–Trinajstić information content (AvgIpc) is 2.47. The van der Waals surface area contributed by atoms with Crippen LogP contribution in [0, 0.1) is 0 Å². The molecule has 0 aliphatic carbocycles. The summed E-state index contributed by atoms with van der Waals surface area (Å²) < 4.78 is 0. The highest BCUT2D eigenvalue weighted by atomic mass is 16.4. The van der Waals surface area contributed by atoms with E-state index < -0.39 is 5.97 Å². The van der Waals surface area contributed by atoms with Crippen molar-refractivity contribution in [1.82, 2.24) is 4.90 Å². The van der Waals surface area contributed by atoms with Crippen molar-refractivity contribution >= 4 is 5.97 Å². The molecule has 2 N–H and O–H groups in total. The van der Waals surface area contributed by atoms with Crippen molar-refractivity contribution in [2.45, 2.75) is 44.8 Å². The van der Waals surface area contributed by atoms with E-state index in [1.807, 2.05) is 0 Å². The Morgan fingerprint density at radius 3 is 2.93 bits per heavy atom. The van der Waals surface area contributed by atoms with Crippen LogP contribution in [0.3, 0.4) is 0 Å². The fourth-order valence-corrected chi connectivity index (χ4v) is 1.97. The summed E-state index contributed by atoms with van der Waals surface area (Å²) >= 11 is 0. The largest absolute Gasteiger partial charge is 0.481 e. The predicted molar refractivity (Wildman–Crippen MR) is 53.1 cm³/mol. The number of aliphatic carboxylic acids is 1. The summed E-state index contributed by atoms with van der Waals surface area (Å²) in [6, 6.07) is 0.186. The van der Waals surface area contributed by atoms with Crippen molar-refractivity contribution in [1.29, 1.82) is 0 Å². The van der Waals surface area contributed by atoms with Gasteiger partial charge in [0, 0.05) is 12.6 Å². The molecule has 2 atom stereocenters. The monoisotopic (exact) mass is 201 g/mol. The second-order valence-electron chi connectivity index (χ2n) is 4.07. The summed E-state index contributed by atoms with van der Waals surface area (Å²) in [4.78, 5) is 12.7. The fourth-order valence-electron chi connectivity index (χ4n) is 1.97. The van der Waals surface area contributed by atoms with Gasteiger partial charge in [0.25, 0.3) is 0 Å². The third-order valence-electron chi connectivity index (χ3n) is 2.74. The number of aliphatic hydroxyl groups is 1. The zero-order valence-electron chi connectivity index (χ0n) is 8.65. The fraction of sp³-hybridized carbons (Fsp3) is 0.900. The minimum absolute atomic E-state index is 0.186. The van der Waals surface area contributed by atoms with E-state index in [4.69, 9.17) is 10.2 Å². The molecule has 0 bridgehead atoms. The highest BCUT2D eigenvalue weighted by Crippen LogP contribution is 2.20. The molecular formula is C10H19NO3. The van der Waals surface area contributed by atoms with Gasteiger partial charge in [0.2, 0.25) is 0 Å². The molecule has 0 aromatic rings. The topological polar surface area (TPSA) is 60.8 Å². The molecule has 0 spiro atoms. The molecule has 0 aromatic heterocycles. The molecule has 0 amide bonds. The minimum Gasteiger partial charge on any atom is -0.481 e. The molecule has 0 aromatic carbocycles. The number of rotatable bonds is 5. The molecule has 4 nitrogen and oxygen atoms in total. The van der Waals surface area contributed by atoms with Gasteiger partial charge in [-0.05, 0) is 32.7 Å². The summed E-state index contributed by atoms with van der Waals surface area (Å²) in [6.07, 6.45) is 2.74. The highest BCUT2D eigenvalue weighted by molar-refractivity contribution is 5.67. The molecule has 82 valence electrons. The molecule has 1 aliphatic rings. The van der Waals surface area contributed by atoms with Gasteiger partial charge >= 0.3 is 5.97 Å². The lowest BCUT2D eigenvalue weighted by Crippen LogP contribution is -2.33. The zero-order valence-corrected chi connectivity index (χ0v) is 8.65. The van der Waals surface area contributed by atoms with Crippen LogP contribution in [0.25, 0.3) is 0 Å². The Labute approximate surface area is 84.5 Å². The number of aliphatic hydroxyl groups excluding tert-OH is 1. The number of carboxylic acid groups (broad SMARTS) is 1. The van der Waals surface area contributed by atoms with Gasteiger partial charge in [-0.3, -0.25) is 9.69 Å². The second kappa shape index (κ2) is 5.32. The van der Waals surface area contributed by atoms with Crippen molar-refractivity contribution in [2.75, 3.05) is 13.1 Å². The summed E-state index contributed by atoms with van der Waals surface area (Å²) in [7, 11) is 0. The molecule has 1 heterocycles. The van der Waals surface area contributed by atoms with Gasteiger partial charge in [0.1, 0.15) is 0 Å². The van der Waals surface area contributed by atoms with Crippen LogP contribution >= 0.6 is 0 Å². The maximum atomic E-state index is 10.6. The number of likely N-dealkylation sites (tertiary alicyclic amines) is 1. The lowest BCUT2D eigenvalue weighted by molar-refractivity contribution is -0.138. The van der Waals surface area contributed by atoms with E-state index in [1.165, 1.54) is 0 Å². The average molecular weight is 201 g/mol. The van der Waals surface area contributed by atoms with Gasteiger partial charge in [-0.1, -0.05) is 0 Å². The molecule has 1 fully saturated rings.